The fourth-order valence-electron chi connectivity index (χ4n) is 1.75. The number of carboxylic acid groups (broad SMARTS) is 1. The van der Waals surface area contributed by atoms with Gasteiger partial charge in [0.15, 0.2) is 0 Å². The molecule has 0 saturated carbocycles. The zero-order valence-electron chi connectivity index (χ0n) is 10.4. The zero-order chi connectivity index (χ0) is 14.3. The van der Waals surface area contributed by atoms with Crippen LogP contribution in [0.15, 0.2) is 23.3 Å². The second kappa shape index (κ2) is 7.51. The van der Waals surface area contributed by atoms with Gasteiger partial charge in [0, 0.05) is 21.9 Å². The van der Waals surface area contributed by atoms with Gasteiger partial charge in [-0.15, -0.1) is 0 Å². The first-order valence-corrected chi connectivity index (χ1v) is 6.05. The highest BCUT2D eigenvalue weighted by atomic mass is 35.5. The number of halogens is 1. The van der Waals surface area contributed by atoms with E-state index in [1.165, 1.54) is 7.11 Å². The van der Waals surface area contributed by atoms with Crippen molar-refractivity contribution >= 4 is 17.6 Å². The number of carbonyl (C=O) groups is 1. The summed E-state index contributed by atoms with van der Waals surface area (Å²) in [7, 11) is 1.51. The average molecular weight is 284 g/mol. The van der Waals surface area contributed by atoms with Gasteiger partial charge >= 0.3 is 5.97 Å². The van der Waals surface area contributed by atoms with Gasteiger partial charge in [0.05, 0.1) is 13.2 Å². The average Bonchev–Trinajstić information content (AvgIpc) is 2.37. The van der Waals surface area contributed by atoms with Gasteiger partial charge < -0.3 is 9.84 Å². The predicted octanol–water partition coefficient (Wildman–Crippen LogP) is 3.95. The van der Waals surface area contributed by atoms with Gasteiger partial charge in [-0.3, -0.25) is 4.79 Å². The number of ether oxygens (including phenoxy) is 1. The summed E-state index contributed by atoms with van der Waals surface area (Å²) < 4.78 is 5.20. The van der Waals surface area contributed by atoms with E-state index in [9.17, 15) is 4.79 Å². The molecule has 0 aliphatic heterocycles. The Morgan fingerprint density at radius 3 is 2.95 bits per heavy atom. The summed E-state index contributed by atoms with van der Waals surface area (Å²) in [6, 6.07) is 4.54. The first-order valence-electron chi connectivity index (χ1n) is 5.68. The number of carboxylic acids is 1. The highest BCUT2D eigenvalue weighted by molar-refractivity contribution is 6.30. The van der Waals surface area contributed by atoms with Crippen LogP contribution in [-0.4, -0.2) is 18.2 Å². The maximum Gasteiger partial charge on any atom is 0.303 e. The topological polar surface area (TPSA) is 95.3 Å². The summed E-state index contributed by atoms with van der Waals surface area (Å²) in [4.78, 5) is 13.3. The van der Waals surface area contributed by atoms with Crippen LogP contribution in [0.1, 0.15) is 30.9 Å². The molecule has 0 heterocycles. The van der Waals surface area contributed by atoms with E-state index in [4.69, 9.17) is 27.0 Å². The minimum Gasteiger partial charge on any atom is -0.496 e. The molecular formula is C12H14ClN3O3. The molecule has 1 rings (SSSR count). The summed E-state index contributed by atoms with van der Waals surface area (Å²) in [5.41, 5.74) is 9.27. The Morgan fingerprint density at radius 1 is 1.63 bits per heavy atom. The molecule has 0 spiro atoms. The number of azide groups is 1. The Balaban J connectivity index is 2.94. The van der Waals surface area contributed by atoms with E-state index < -0.39 is 12.0 Å². The second-order valence-corrected chi connectivity index (χ2v) is 4.33. The van der Waals surface area contributed by atoms with Crippen molar-refractivity contribution in [1.82, 2.24) is 0 Å². The lowest BCUT2D eigenvalue weighted by atomic mass is 10.0. The van der Waals surface area contributed by atoms with E-state index in [2.05, 4.69) is 10.0 Å². The van der Waals surface area contributed by atoms with Crippen molar-refractivity contribution in [3.05, 3.63) is 39.2 Å². The van der Waals surface area contributed by atoms with Crippen LogP contribution in [0, 0.1) is 0 Å². The largest absolute Gasteiger partial charge is 0.496 e. The zero-order valence-corrected chi connectivity index (χ0v) is 11.2. The van der Waals surface area contributed by atoms with Crippen LogP contribution in [0.3, 0.4) is 0 Å². The number of hydrogen-bond donors (Lipinski definition) is 1. The quantitative estimate of drug-likeness (QED) is 0.466. The van der Waals surface area contributed by atoms with Crippen LogP contribution in [0.2, 0.25) is 5.02 Å². The summed E-state index contributed by atoms with van der Waals surface area (Å²) in [6.07, 6.45) is 0.863. The third-order valence-electron chi connectivity index (χ3n) is 2.61. The van der Waals surface area contributed by atoms with E-state index in [1.807, 2.05) is 0 Å². The third-order valence-corrected chi connectivity index (χ3v) is 2.85. The summed E-state index contributed by atoms with van der Waals surface area (Å²) in [5.74, 6) is -0.310. The van der Waals surface area contributed by atoms with E-state index in [0.717, 1.165) is 0 Å². The molecule has 102 valence electrons. The number of benzene rings is 1. The second-order valence-electron chi connectivity index (χ2n) is 3.89. The van der Waals surface area contributed by atoms with E-state index in [1.54, 1.807) is 18.2 Å². The number of nitrogens with zero attached hydrogens (tertiary/aromatic N) is 3. The van der Waals surface area contributed by atoms with Gasteiger partial charge in [-0.2, -0.15) is 0 Å². The molecule has 0 aromatic heterocycles. The van der Waals surface area contributed by atoms with E-state index in [0.29, 0.717) is 29.2 Å². The van der Waals surface area contributed by atoms with Crippen molar-refractivity contribution in [2.75, 3.05) is 7.11 Å². The van der Waals surface area contributed by atoms with Gasteiger partial charge in [0.25, 0.3) is 0 Å². The molecule has 1 aromatic carbocycles. The molecule has 19 heavy (non-hydrogen) atoms. The van der Waals surface area contributed by atoms with Gasteiger partial charge in [-0.25, -0.2) is 0 Å². The van der Waals surface area contributed by atoms with Crippen LogP contribution in [-0.2, 0) is 4.79 Å². The Bertz CT molecular complexity index is 501. The summed E-state index contributed by atoms with van der Waals surface area (Å²) in [5, 5.41) is 12.8. The van der Waals surface area contributed by atoms with Gasteiger partial charge in [0.2, 0.25) is 0 Å². The van der Waals surface area contributed by atoms with Crippen molar-refractivity contribution in [2.45, 2.75) is 25.3 Å². The first kappa shape index (κ1) is 15.1. The monoisotopic (exact) mass is 283 g/mol. The molecule has 1 aromatic rings. The van der Waals surface area contributed by atoms with Crippen LogP contribution in [0.4, 0.5) is 0 Å². The maximum atomic E-state index is 10.5. The van der Waals surface area contributed by atoms with Crippen LogP contribution >= 0.6 is 11.6 Å². The standard InChI is InChI=1S/C12H14ClN3O3/c1-19-11-6-5-8(13)7-9(11)10(15-16-14)3-2-4-12(17)18/h5-7,10H,2-4H2,1H3,(H,17,18). The predicted molar refractivity (Wildman–Crippen MR) is 71.4 cm³/mol. The van der Waals surface area contributed by atoms with Crippen LogP contribution in [0.25, 0.3) is 10.4 Å². The molecule has 6 nitrogen and oxygen atoms in total. The van der Waals surface area contributed by atoms with Crippen molar-refractivity contribution < 1.29 is 14.6 Å². The lowest BCUT2D eigenvalue weighted by Crippen LogP contribution is -2.01. The van der Waals surface area contributed by atoms with Crippen molar-refractivity contribution in [3.8, 4) is 5.75 Å². The Morgan fingerprint density at radius 2 is 2.37 bits per heavy atom. The van der Waals surface area contributed by atoms with Crippen molar-refractivity contribution in [1.29, 1.82) is 0 Å². The minimum absolute atomic E-state index is 0.0281. The number of rotatable bonds is 7. The smallest absolute Gasteiger partial charge is 0.303 e. The fraction of sp³-hybridized carbons (Fsp3) is 0.417. The Hall–Kier alpha value is -1.91. The number of aliphatic carboxylic acids is 1. The number of hydrogen-bond acceptors (Lipinski definition) is 3. The Kier molecular flexibility index (Phi) is 5.99. The molecule has 0 aliphatic carbocycles. The molecule has 0 saturated heterocycles. The van der Waals surface area contributed by atoms with Crippen molar-refractivity contribution in [2.24, 2.45) is 5.11 Å². The van der Waals surface area contributed by atoms with Gasteiger partial charge in [0.1, 0.15) is 5.75 Å². The molecule has 1 atom stereocenters. The van der Waals surface area contributed by atoms with Crippen molar-refractivity contribution in [3.63, 3.8) is 0 Å². The normalized spacial score (nSPS) is 11.5. The molecule has 0 amide bonds. The highest BCUT2D eigenvalue weighted by Gasteiger charge is 2.15. The summed E-state index contributed by atoms with van der Waals surface area (Å²) >= 11 is 5.92. The lowest BCUT2D eigenvalue weighted by molar-refractivity contribution is -0.137. The van der Waals surface area contributed by atoms with E-state index in [-0.39, 0.29) is 6.42 Å². The fourth-order valence-corrected chi connectivity index (χ4v) is 1.93. The number of methoxy groups -OCH3 is 1. The SMILES string of the molecule is COc1ccc(Cl)cc1C(CCCC(=O)O)N=[N+]=[N-]. The summed E-state index contributed by atoms with van der Waals surface area (Å²) in [6.45, 7) is 0. The molecule has 0 aliphatic rings. The lowest BCUT2D eigenvalue weighted by Gasteiger charge is -2.15. The molecular weight excluding hydrogens is 270 g/mol. The van der Waals surface area contributed by atoms with Crippen LogP contribution < -0.4 is 4.74 Å². The highest BCUT2D eigenvalue weighted by Crippen LogP contribution is 2.33. The molecule has 0 radical (unpaired) electrons. The van der Waals surface area contributed by atoms with Gasteiger partial charge in [-0.1, -0.05) is 16.7 Å². The van der Waals surface area contributed by atoms with Crippen LogP contribution in [0.5, 0.6) is 5.75 Å². The molecule has 0 bridgehead atoms. The minimum atomic E-state index is -0.877. The molecule has 1 N–H and O–H groups in total. The van der Waals surface area contributed by atoms with E-state index >= 15 is 0 Å². The molecule has 7 heteroatoms. The maximum absolute atomic E-state index is 10.5. The Labute approximate surface area is 115 Å². The first-order chi connectivity index (χ1) is 9.08. The van der Waals surface area contributed by atoms with Gasteiger partial charge in [-0.05, 0) is 36.6 Å². The molecule has 1 unspecified atom stereocenters. The molecule has 0 fully saturated rings. The third kappa shape index (κ3) is 4.69.